The number of nitrogens with zero attached hydrogens (tertiary/aromatic N) is 1. The molecule has 0 unspecified atom stereocenters. The normalized spacial score (nSPS) is 11.0. The van der Waals surface area contributed by atoms with E-state index in [1.807, 2.05) is 56.3 Å². The molecule has 1 N–H and O–H groups in total. The zero-order chi connectivity index (χ0) is 19.4. The molecule has 2 aromatic carbocycles. The van der Waals surface area contributed by atoms with Crippen LogP contribution in [0.15, 0.2) is 46.9 Å². The maximum Gasteiger partial charge on any atom is 0.252 e. The fourth-order valence-corrected chi connectivity index (χ4v) is 3.84. The molecule has 3 aromatic rings. The fraction of sp³-hybridized carbons (Fsp3) is 0.273. The highest BCUT2D eigenvalue weighted by Crippen LogP contribution is 2.32. The molecule has 1 amide bonds. The lowest BCUT2D eigenvalue weighted by atomic mass is 9.96. The summed E-state index contributed by atoms with van der Waals surface area (Å²) < 4.78 is 6.00. The van der Waals surface area contributed by atoms with E-state index in [0.717, 1.165) is 44.2 Å². The molecule has 0 aliphatic heterocycles. The van der Waals surface area contributed by atoms with Crippen molar-refractivity contribution in [2.75, 3.05) is 20.3 Å². The minimum atomic E-state index is -0.0781. The molecule has 0 fully saturated rings. The maximum atomic E-state index is 13.1. The summed E-state index contributed by atoms with van der Waals surface area (Å²) in [5.74, 6) is -0.0781. The number of methoxy groups -OCH3 is 1. The first kappa shape index (κ1) is 19.5. The van der Waals surface area contributed by atoms with Crippen LogP contribution in [0.4, 0.5) is 0 Å². The van der Waals surface area contributed by atoms with Crippen LogP contribution in [-0.4, -0.2) is 31.2 Å². The van der Waals surface area contributed by atoms with Crippen LogP contribution in [0.25, 0.3) is 22.2 Å². The van der Waals surface area contributed by atoms with Crippen LogP contribution < -0.4 is 5.32 Å². The highest BCUT2D eigenvalue weighted by Gasteiger charge is 2.20. The number of carbonyl (C=O) groups excluding carboxylic acids is 1. The Labute approximate surface area is 168 Å². The molecule has 0 bridgehead atoms. The topological polar surface area (TPSA) is 51.2 Å². The Kier molecular flexibility index (Phi) is 6.24. The number of halogens is 1. The second kappa shape index (κ2) is 8.63. The molecule has 4 nitrogen and oxygen atoms in total. The van der Waals surface area contributed by atoms with Crippen LogP contribution >= 0.6 is 15.9 Å². The van der Waals surface area contributed by atoms with Gasteiger partial charge in [0.2, 0.25) is 0 Å². The Hall–Kier alpha value is -2.24. The lowest BCUT2D eigenvalue weighted by Crippen LogP contribution is -2.26. The number of pyridine rings is 1. The van der Waals surface area contributed by atoms with Gasteiger partial charge in [0.25, 0.3) is 5.91 Å². The first-order valence-electron chi connectivity index (χ1n) is 8.96. The van der Waals surface area contributed by atoms with Gasteiger partial charge in [-0.25, -0.2) is 4.98 Å². The summed E-state index contributed by atoms with van der Waals surface area (Å²) in [5, 5.41) is 3.89. The zero-order valence-corrected chi connectivity index (χ0v) is 17.4. The Morgan fingerprint density at radius 3 is 2.63 bits per heavy atom. The minimum absolute atomic E-state index is 0.0781. The van der Waals surface area contributed by atoms with Gasteiger partial charge in [0.05, 0.1) is 16.8 Å². The lowest BCUT2D eigenvalue weighted by molar-refractivity contribution is 0.0949. The molecule has 5 heteroatoms. The van der Waals surface area contributed by atoms with Crippen LogP contribution in [-0.2, 0) is 4.74 Å². The number of aromatic nitrogens is 1. The van der Waals surface area contributed by atoms with Gasteiger partial charge in [0, 0.05) is 35.7 Å². The molecular weight excluding hydrogens is 404 g/mol. The van der Waals surface area contributed by atoms with Crippen molar-refractivity contribution in [2.45, 2.75) is 20.3 Å². The number of nitrogens with one attached hydrogen (secondary N) is 1. The van der Waals surface area contributed by atoms with Gasteiger partial charge in [-0.05, 0) is 43.5 Å². The smallest absolute Gasteiger partial charge is 0.252 e. The van der Waals surface area contributed by atoms with Crippen LogP contribution in [0.5, 0.6) is 0 Å². The number of fused-ring (bicyclic) bond motifs is 1. The molecule has 0 spiro atoms. The van der Waals surface area contributed by atoms with Crippen molar-refractivity contribution in [1.82, 2.24) is 10.3 Å². The number of rotatable bonds is 6. The quantitative estimate of drug-likeness (QED) is 0.561. The summed E-state index contributed by atoms with van der Waals surface area (Å²) in [6.07, 6.45) is 0.776. The van der Waals surface area contributed by atoms with Gasteiger partial charge in [-0.2, -0.15) is 0 Å². The van der Waals surface area contributed by atoms with E-state index in [0.29, 0.717) is 18.7 Å². The van der Waals surface area contributed by atoms with E-state index in [-0.39, 0.29) is 5.91 Å². The Morgan fingerprint density at radius 2 is 1.93 bits per heavy atom. The van der Waals surface area contributed by atoms with Gasteiger partial charge < -0.3 is 10.1 Å². The monoisotopic (exact) mass is 426 g/mol. The summed E-state index contributed by atoms with van der Waals surface area (Å²) in [5.41, 5.74) is 5.30. The summed E-state index contributed by atoms with van der Waals surface area (Å²) in [7, 11) is 1.66. The molecule has 0 aliphatic rings. The zero-order valence-electron chi connectivity index (χ0n) is 15.8. The molecule has 0 saturated heterocycles. The van der Waals surface area contributed by atoms with Gasteiger partial charge in [-0.15, -0.1) is 0 Å². The predicted molar refractivity (Wildman–Crippen MR) is 113 cm³/mol. The van der Waals surface area contributed by atoms with E-state index in [9.17, 15) is 4.79 Å². The third-order valence-electron chi connectivity index (χ3n) is 4.57. The van der Waals surface area contributed by atoms with E-state index in [2.05, 4.69) is 21.2 Å². The SMILES string of the molecule is COCCCNC(=O)c1c(C)c(-c2ccccc2)nc2c(C)cc(Br)cc12. The van der Waals surface area contributed by atoms with Gasteiger partial charge >= 0.3 is 0 Å². The Morgan fingerprint density at radius 1 is 1.19 bits per heavy atom. The molecule has 1 aromatic heterocycles. The number of carbonyl (C=O) groups is 1. The van der Waals surface area contributed by atoms with E-state index in [1.54, 1.807) is 7.11 Å². The number of hydrogen-bond acceptors (Lipinski definition) is 3. The van der Waals surface area contributed by atoms with Crippen molar-refractivity contribution < 1.29 is 9.53 Å². The van der Waals surface area contributed by atoms with E-state index in [1.165, 1.54) is 0 Å². The van der Waals surface area contributed by atoms with Crippen LogP contribution in [0, 0.1) is 13.8 Å². The Bertz CT molecular complexity index is 971. The average Bonchev–Trinajstić information content (AvgIpc) is 2.65. The molecule has 0 aliphatic carbocycles. The van der Waals surface area contributed by atoms with Gasteiger partial charge in [-0.3, -0.25) is 4.79 Å². The van der Waals surface area contributed by atoms with E-state index < -0.39 is 0 Å². The molecule has 27 heavy (non-hydrogen) atoms. The standard InChI is InChI=1S/C22H23BrN2O2/c1-14-12-17(23)13-18-19(22(26)24-10-7-11-27-3)15(2)21(25-20(14)18)16-8-5-4-6-9-16/h4-6,8-9,12-13H,7,10-11H2,1-3H3,(H,24,26). The second-order valence-electron chi connectivity index (χ2n) is 6.55. The average molecular weight is 427 g/mol. The summed E-state index contributed by atoms with van der Waals surface area (Å²) in [6, 6.07) is 14.0. The first-order valence-corrected chi connectivity index (χ1v) is 9.75. The van der Waals surface area contributed by atoms with Crippen molar-refractivity contribution >= 4 is 32.7 Å². The van der Waals surface area contributed by atoms with Crippen LogP contribution in [0.3, 0.4) is 0 Å². The van der Waals surface area contributed by atoms with Crippen molar-refractivity contribution in [3.8, 4) is 11.3 Å². The van der Waals surface area contributed by atoms with Crippen molar-refractivity contribution in [1.29, 1.82) is 0 Å². The number of aryl methyl sites for hydroxylation is 1. The van der Waals surface area contributed by atoms with Crippen LogP contribution in [0.2, 0.25) is 0 Å². The maximum absolute atomic E-state index is 13.1. The number of hydrogen-bond donors (Lipinski definition) is 1. The highest BCUT2D eigenvalue weighted by atomic mass is 79.9. The summed E-state index contributed by atoms with van der Waals surface area (Å²) >= 11 is 3.55. The van der Waals surface area contributed by atoms with Crippen molar-refractivity contribution in [2.24, 2.45) is 0 Å². The molecule has 0 atom stereocenters. The summed E-state index contributed by atoms with van der Waals surface area (Å²) in [6.45, 7) is 5.18. The molecule has 0 saturated carbocycles. The number of amides is 1. The van der Waals surface area contributed by atoms with E-state index in [4.69, 9.17) is 9.72 Å². The van der Waals surface area contributed by atoms with Gasteiger partial charge in [0.1, 0.15) is 0 Å². The fourth-order valence-electron chi connectivity index (χ4n) is 3.27. The predicted octanol–water partition coefficient (Wildman–Crippen LogP) is 5.05. The summed E-state index contributed by atoms with van der Waals surface area (Å²) in [4.78, 5) is 18.0. The number of ether oxygens (including phenoxy) is 1. The minimum Gasteiger partial charge on any atom is -0.385 e. The lowest BCUT2D eigenvalue weighted by Gasteiger charge is -2.16. The molecule has 140 valence electrons. The second-order valence-corrected chi connectivity index (χ2v) is 7.46. The van der Waals surface area contributed by atoms with Gasteiger partial charge in [-0.1, -0.05) is 46.3 Å². The molecule has 1 heterocycles. The van der Waals surface area contributed by atoms with Crippen LogP contribution in [0.1, 0.15) is 27.9 Å². The van der Waals surface area contributed by atoms with Gasteiger partial charge in [0.15, 0.2) is 0 Å². The largest absolute Gasteiger partial charge is 0.385 e. The molecule has 0 radical (unpaired) electrons. The highest BCUT2D eigenvalue weighted by molar-refractivity contribution is 9.10. The van der Waals surface area contributed by atoms with Crippen molar-refractivity contribution in [3.63, 3.8) is 0 Å². The molecular formula is C22H23BrN2O2. The third kappa shape index (κ3) is 4.20. The van der Waals surface area contributed by atoms with Crippen molar-refractivity contribution in [3.05, 3.63) is 63.6 Å². The Balaban J connectivity index is 2.17. The number of benzene rings is 2. The molecule has 3 rings (SSSR count). The van der Waals surface area contributed by atoms with E-state index >= 15 is 0 Å². The third-order valence-corrected chi connectivity index (χ3v) is 5.03. The first-order chi connectivity index (χ1) is 13.0.